The number of thioether (sulfide) groups is 1. The molecule has 4 rings (SSSR count). The Morgan fingerprint density at radius 1 is 0.885 bits per heavy atom. The Bertz CT molecular complexity index is 856. The molecular weight excluding hydrogens is 336 g/mol. The van der Waals surface area contributed by atoms with Gasteiger partial charge < -0.3 is 10.2 Å². The van der Waals surface area contributed by atoms with Crippen LogP contribution in [-0.4, -0.2) is 19.0 Å². The Morgan fingerprint density at radius 2 is 1.58 bits per heavy atom. The summed E-state index contributed by atoms with van der Waals surface area (Å²) in [7, 11) is 4.23. The Hall–Kier alpha value is -2.23. The molecule has 3 aromatic carbocycles. The smallest absolute Gasteiger partial charge is 0.0781 e. The highest BCUT2D eigenvalue weighted by molar-refractivity contribution is 7.98. The van der Waals surface area contributed by atoms with E-state index in [9.17, 15) is 0 Å². The summed E-state index contributed by atoms with van der Waals surface area (Å²) in [5.41, 5.74) is 6.69. The predicted octanol–water partition coefficient (Wildman–Crippen LogP) is 5.56. The van der Waals surface area contributed by atoms with Crippen molar-refractivity contribution in [3.63, 3.8) is 0 Å². The second kappa shape index (κ2) is 7.56. The van der Waals surface area contributed by atoms with Gasteiger partial charge >= 0.3 is 0 Å². The first-order valence-corrected chi connectivity index (χ1v) is 9.99. The predicted molar refractivity (Wildman–Crippen MR) is 112 cm³/mol. The molecule has 1 aliphatic heterocycles. The van der Waals surface area contributed by atoms with Gasteiger partial charge in [-0.1, -0.05) is 60.7 Å². The van der Waals surface area contributed by atoms with Crippen LogP contribution < -0.4 is 5.32 Å². The lowest BCUT2D eigenvalue weighted by Crippen LogP contribution is -2.17. The highest BCUT2D eigenvalue weighted by Crippen LogP contribution is 2.41. The molecule has 1 N–H and O–H groups in total. The van der Waals surface area contributed by atoms with Crippen LogP contribution in [0.2, 0.25) is 0 Å². The molecule has 132 valence electrons. The Kier molecular flexibility index (Phi) is 5.00. The molecule has 2 nitrogen and oxygen atoms in total. The van der Waals surface area contributed by atoms with Gasteiger partial charge in [0.15, 0.2) is 0 Å². The first-order chi connectivity index (χ1) is 12.7. The Balaban J connectivity index is 1.79. The maximum atomic E-state index is 3.87. The molecule has 1 heterocycles. The number of rotatable bonds is 4. The number of hydrogen-bond acceptors (Lipinski definition) is 3. The Morgan fingerprint density at radius 3 is 2.42 bits per heavy atom. The van der Waals surface area contributed by atoms with E-state index < -0.39 is 0 Å². The normalized spacial score (nSPS) is 15.9. The molecule has 0 spiro atoms. The van der Waals surface area contributed by atoms with Crippen LogP contribution in [0.4, 0.5) is 5.69 Å². The van der Waals surface area contributed by atoms with Gasteiger partial charge in [-0.25, -0.2) is 0 Å². The molecular formula is C23H24N2S. The molecule has 0 saturated carbocycles. The van der Waals surface area contributed by atoms with Crippen LogP contribution in [0.1, 0.15) is 28.3 Å². The van der Waals surface area contributed by atoms with Gasteiger partial charge in [0.2, 0.25) is 0 Å². The van der Waals surface area contributed by atoms with Crippen molar-refractivity contribution in [1.29, 1.82) is 0 Å². The van der Waals surface area contributed by atoms with Crippen LogP contribution >= 0.6 is 11.8 Å². The molecule has 0 aromatic heterocycles. The first-order valence-electron chi connectivity index (χ1n) is 9.01. The minimum Gasteiger partial charge on any atom is -0.374 e. The largest absolute Gasteiger partial charge is 0.374 e. The highest BCUT2D eigenvalue weighted by atomic mass is 32.2. The summed E-state index contributed by atoms with van der Waals surface area (Å²) in [5.74, 6) is 1.02. The zero-order valence-electron chi connectivity index (χ0n) is 15.3. The van der Waals surface area contributed by atoms with Crippen LogP contribution in [0, 0.1) is 0 Å². The summed E-state index contributed by atoms with van der Waals surface area (Å²) in [6.45, 7) is 0.925. The van der Waals surface area contributed by atoms with Crippen molar-refractivity contribution in [3.05, 3.63) is 95.1 Å². The van der Waals surface area contributed by atoms with E-state index in [4.69, 9.17) is 0 Å². The molecule has 1 aliphatic rings. The third-order valence-corrected chi connectivity index (χ3v) is 5.92. The lowest BCUT2D eigenvalue weighted by atomic mass is 9.94. The van der Waals surface area contributed by atoms with Gasteiger partial charge in [0.1, 0.15) is 0 Å². The zero-order chi connectivity index (χ0) is 17.9. The van der Waals surface area contributed by atoms with Gasteiger partial charge in [0.05, 0.1) is 6.04 Å². The molecule has 1 atom stereocenters. The first kappa shape index (κ1) is 17.2. The third-order valence-electron chi connectivity index (χ3n) is 4.78. The van der Waals surface area contributed by atoms with Gasteiger partial charge in [-0.2, -0.15) is 0 Å². The monoisotopic (exact) mass is 360 g/mol. The average Bonchev–Trinajstić information content (AvgIpc) is 2.81. The van der Waals surface area contributed by atoms with E-state index in [2.05, 4.69) is 97.1 Å². The summed E-state index contributed by atoms with van der Waals surface area (Å²) in [6, 6.07) is 26.4. The molecule has 0 fully saturated rings. The van der Waals surface area contributed by atoms with E-state index in [-0.39, 0.29) is 6.04 Å². The van der Waals surface area contributed by atoms with Crippen molar-refractivity contribution in [3.8, 4) is 0 Å². The zero-order valence-corrected chi connectivity index (χ0v) is 16.1. The number of benzene rings is 3. The summed E-state index contributed by atoms with van der Waals surface area (Å²) in [5, 5.41) is 3.87. The molecule has 0 radical (unpaired) electrons. The second-order valence-electron chi connectivity index (χ2n) is 7.00. The van der Waals surface area contributed by atoms with E-state index in [1.54, 1.807) is 0 Å². The second-order valence-corrected chi connectivity index (χ2v) is 8.01. The molecule has 0 saturated heterocycles. The number of para-hydroxylation sites is 1. The lowest BCUT2D eigenvalue weighted by molar-refractivity contribution is 0.403. The van der Waals surface area contributed by atoms with Crippen molar-refractivity contribution in [2.75, 3.05) is 19.4 Å². The number of nitrogens with one attached hydrogen (secondary N) is 1. The third kappa shape index (κ3) is 3.50. The lowest BCUT2D eigenvalue weighted by Gasteiger charge is -2.25. The van der Waals surface area contributed by atoms with Gasteiger partial charge in [0.25, 0.3) is 0 Å². The van der Waals surface area contributed by atoms with E-state index in [1.807, 2.05) is 11.8 Å². The van der Waals surface area contributed by atoms with Crippen molar-refractivity contribution < 1.29 is 0 Å². The van der Waals surface area contributed by atoms with Crippen molar-refractivity contribution in [1.82, 2.24) is 4.90 Å². The van der Waals surface area contributed by atoms with E-state index in [0.29, 0.717) is 0 Å². The number of fused-ring (bicyclic) bond motifs is 2. The topological polar surface area (TPSA) is 15.3 Å². The van der Waals surface area contributed by atoms with Crippen LogP contribution in [0.25, 0.3) is 0 Å². The van der Waals surface area contributed by atoms with E-state index in [0.717, 1.165) is 12.3 Å². The van der Waals surface area contributed by atoms with Crippen molar-refractivity contribution in [2.45, 2.75) is 23.2 Å². The molecule has 1 unspecified atom stereocenters. The number of anilines is 1. The van der Waals surface area contributed by atoms with Crippen LogP contribution in [-0.2, 0) is 12.3 Å². The van der Waals surface area contributed by atoms with Gasteiger partial charge in [-0.15, -0.1) is 11.8 Å². The quantitative estimate of drug-likeness (QED) is 0.656. The SMILES string of the molecule is CN(C)Cc1ccccc1NC1c2ccccc2CSc2ccccc21. The molecule has 3 heteroatoms. The van der Waals surface area contributed by atoms with Gasteiger partial charge in [-0.3, -0.25) is 0 Å². The number of nitrogens with zero attached hydrogens (tertiary/aromatic N) is 1. The maximum absolute atomic E-state index is 3.87. The maximum Gasteiger partial charge on any atom is 0.0781 e. The molecule has 26 heavy (non-hydrogen) atoms. The van der Waals surface area contributed by atoms with Gasteiger partial charge in [-0.05, 0) is 48.5 Å². The summed E-state index contributed by atoms with van der Waals surface area (Å²) >= 11 is 1.93. The van der Waals surface area contributed by atoms with Gasteiger partial charge in [0, 0.05) is 22.9 Å². The minimum atomic E-state index is 0.167. The summed E-state index contributed by atoms with van der Waals surface area (Å²) in [6.07, 6.45) is 0. The minimum absolute atomic E-state index is 0.167. The average molecular weight is 361 g/mol. The summed E-state index contributed by atoms with van der Waals surface area (Å²) in [4.78, 5) is 3.58. The molecule has 0 amide bonds. The fourth-order valence-electron chi connectivity index (χ4n) is 3.57. The van der Waals surface area contributed by atoms with Crippen LogP contribution in [0.3, 0.4) is 0 Å². The fourth-order valence-corrected chi connectivity index (χ4v) is 4.67. The van der Waals surface area contributed by atoms with E-state index in [1.165, 1.54) is 32.8 Å². The van der Waals surface area contributed by atoms with Crippen molar-refractivity contribution in [2.24, 2.45) is 0 Å². The van der Waals surface area contributed by atoms with E-state index >= 15 is 0 Å². The Labute approximate surface area is 160 Å². The standard InChI is InChI=1S/C23H24N2S/c1-25(2)15-17-9-4-7-13-21(17)24-23-19-11-5-3-10-18(19)16-26-22-14-8-6-12-20(22)23/h3-14,23-24H,15-16H2,1-2H3. The van der Waals surface area contributed by atoms with Crippen LogP contribution in [0.5, 0.6) is 0 Å². The number of hydrogen-bond donors (Lipinski definition) is 1. The highest BCUT2D eigenvalue weighted by Gasteiger charge is 2.24. The molecule has 0 aliphatic carbocycles. The fraction of sp³-hybridized carbons (Fsp3) is 0.217. The molecule has 3 aromatic rings. The van der Waals surface area contributed by atoms with Crippen LogP contribution in [0.15, 0.2) is 77.7 Å². The molecule has 0 bridgehead atoms. The summed E-state index contributed by atoms with van der Waals surface area (Å²) < 4.78 is 0. The van der Waals surface area contributed by atoms with Crippen molar-refractivity contribution >= 4 is 17.4 Å².